The van der Waals surface area contributed by atoms with Crippen molar-refractivity contribution in [3.8, 4) is 0 Å². The highest BCUT2D eigenvalue weighted by Gasteiger charge is 2.10. The normalized spacial score (nSPS) is 12.4. The van der Waals surface area contributed by atoms with Gasteiger partial charge in [0.2, 0.25) is 0 Å². The zero-order valence-corrected chi connectivity index (χ0v) is 12.3. The molecule has 0 aliphatic carbocycles. The molecule has 0 bridgehead atoms. The van der Waals surface area contributed by atoms with Crippen LogP contribution in [0.2, 0.25) is 0 Å². The first kappa shape index (κ1) is 12.6. The Labute approximate surface area is 114 Å². The van der Waals surface area contributed by atoms with Gasteiger partial charge in [-0.05, 0) is 52.9 Å². The molecule has 2 aromatic rings. The molecule has 1 N–H and O–H groups in total. The topological polar surface area (TPSA) is 24.9 Å². The molecule has 0 fully saturated rings. The van der Waals surface area contributed by atoms with Crippen LogP contribution in [0, 0.1) is 6.92 Å². The summed E-state index contributed by atoms with van der Waals surface area (Å²) in [5.41, 5.74) is 1.01. The fourth-order valence-corrected chi connectivity index (χ4v) is 2.75. The molecule has 0 amide bonds. The number of hydrogen-bond acceptors (Lipinski definition) is 3. The van der Waals surface area contributed by atoms with Crippen molar-refractivity contribution in [2.24, 2.45) is 0 Å². The lowest BCUT2D eigenvalue weighted by Crippen LogP contribution is -2.09. The molecule has 2 rings (SSSR count). The first-order valence-electron chi connectivity index (χ1n) is 5.63. The van der Waals surface area contributed by atoms with Crippen LogP contribution in [0.1, 0.15) is 30.0 Å². The van der Waals surface area contributed by atoms with Gasteiger partial charge in [0.1, 0.15) is 5.82 Å². The van der Waals surface area contributed by atoms with Crippen molar-refractivity contribution in [3.63, 3.8) is 0 Å². The molecule has 0 saturated heterocycles. The van der Waals surface area contributed by atoms with E-state index in [1.165, 1.54) is 4.88 Å². The van der Waals surface area contributed by atoms with Crippen molar-refractivity contribution < 1.29 is 0 Å². The fraction of sp³-hybridized carbons (Fsp3) is 0.308. The van der Waals surface area contributed by atoms with Crippen molar-refractivity contribution in [1.82, 2.24) is 4.98 Å². The highest BCUT2D eigenvalue weighted by molar-refractivity contribution is 9.10. The smallest absolute Gasteiger partial charge is 0.126 e. The summed E-state index contributed by atoms with van der Waals surface area (Å²) in [6.07, 6.45) is 1.05. The minimum atomic E-state index is 0.350. The van der Waals surface area contributed by atoms with E-state index < -0.39 is 0 Å². The quantitative estimate of drug-likeness (QED) is 0.879. The molecule has 0 aliphatic heterocycles. The summed E-state index contributed by atoms with van der Waals surface area (Å²) in [5.74, 6) is 0.936. The number of hydrogen-bond donors (Lipinski definition) is 1. The molecule has 2 heterocycles. The third-order valence-corrected chi connectivity index (χ3v) is 4.46. The van der Waals surface area contributed by atoms with Crippen molar-refractivity contribution in [3.05, 3.63) is 44.7 Å². The van der Waals surface area contributed by atoms with Crippen molar-refractivity contribution >= 4 is 33.1 Å². The van der Waals surface area contributed by atoms with Gasteiger partial charge in [0.15, 0.2) is 0 Å². The van der Waals surface area contributed by atoms with Crippen molar-refractivity contribution in [2.75, 3.05) is 5.32 Å². The van der Waals surface area contributed by atoms with Gasteiger partial charge in [-0.2, -0.15) is 0 Å². The summed E-state index contributed by atoms with van der Waals surface area (Å²) >= 11 is 5.25. The van der Waals surface area contributed by atoms with Gasteiger partial charge in [-0.15, -0.1) is 11.3 Å². The van der Waals surface area contributed by atoms with Crippen LogP contribution in [-0.4, -0.2) is 4.98 Å². The van der Waals surface area contributed by atoms with Crippen LogP contribution in [0.15, 0.2) is 34.1 Å². The maximum atomic E-state index is 4.52. The maximum absolute atomic E-state index is 4.52. The zero-order chi connectivity index (χ0) is 12.3. The van der Waals surface area contributed by atoms with E-state index in [1.54, 1.807) is 11.3 Å². The number of nitrogens with zero attached hydrogens (tertiary/aromatic N) is 1. The average Bonchev–Trinajstić information content (AvgIpc) is 2.84. The lowest BCUT2D eigenvalue weighted by molar-refractivity contribution is 0.758. The Morgan fingerprint density at radius 1 is 1.41 bits per heavy atom. The van der Waals surface area contributed by atoms with Gasteiger partial charge in [0.25, 0.3) is 0 Å². The number of halogens is 1. The Balaban J connectivity index is 2.16. The monoisotopic (exact) mass is 310 g/mol. The Bertz CT molecular complexity index is 482. The number of aryl methyl sites for hydroxylation is 1. The molecule has 0 spiro atoms. The minimum absolute atomic E-state index is 0.350. The predicted octanol–water partition coefficient (Wildman–Crippen LogP) is 4.78. The summed E-state index contributed by atoms with van der Waals surface area (Å²) in [7, 11) is 0. The molecule has 0 aliphatic rings. The molecule has 17 heavy (non-hydrogen) atoms. The van der Waals surface area contributed by atoms with Crippen LogP contribution in [0.5, 0.6) is 0 Å². The molecule has 4 heteroatoms. The average molecular weight is 311 g/mol. The number of anilines is 1. The number of nitrogens with one attached hydrogen (secondary N) is 1. The summed E-state index contributed by atoms with van der Waals surface area (Å²) in [5, 5.41) is 5.59. The van der Waals surface area contributed by atoms with E-state index in [4.69, 9.17) is 0 Å². The lowest BCUT2D eigenvalue weighted by Gasteiger charge is -2.16. The highest BCUT2D eigenvalue weighted by atomic mass is 79.9. The van der Waals surface area contributed by atoms with E-state index >= 15 is 0 Å². The van der Waals surface area contributed by atoms with E-state index in [1.807, 2.05) is 19.1 Å². The van der Waals surface area contributed by atoms with Gasteiger partial charge in [-0.3, -0.25) is 0 Å². The molecular weight excluding hydrogens is 296 g/mol. The Morgan fingerprint density at radius 3 is 2.82 bits per heavy atom. The first-order valence-corrected chi connectivity index (χ1v) is 7.31. The van der Waals surface area contributed by atoms with E-state index in [9.17, 15) is 0 Å². The second-order valence-corrected chi connectivity index (χ2v) is 5.72. The first-order chi connectivity index (χ1) is 8.20. The van der Waals surface area contributed by atoms with Crippen LogP contribution < -0.4 is 5.32 Å². The lowest BCUT2D eigenvalue weighted by atomic mass is 10.2. The number of rotatable bonds is 4. The van der Waals surface area contributed by atoms with Crippen LogP contribution in [0.25, 0.3) is 0 Å². The molecule has 2 nitrogen and oxygen atoms in total. The van der Waals surface area contributed by atoms with E-state index in [0.29, 0.717) is 6.04 Å². The van der Waals surface area contributed by atoms with Crippen LogP contribution in [0.3, 0.4) is 0 Å². The van der Waals surface area contributed by atoms with Crippen molar-refractivity contribution in [2.45, 2.75) is 26.3 Å². The maximum Gasteiger partial charge on any atom is 0.126 e. The summed E-state index contributed by atoms with van der Waals surface area (Å²) in [6, 6.07) is 8.64. The third-order valence-electron chi connectivity index (χ3n) is 2.64. The number of thiophene rings is 1. The van der Waals surface area contributed by atoms with Gasteiger partial charge in [0, 0.05) is 9.35 Å². The van der Waals surface area contributed by atoms with E-state index in [2.05, 4.69) is 50.7 Å². The molecule has 0 radical (unpaired) electrons. The van der Waals surface area contributed by atoms with Gasteiger partial charge in [0.05, 0.1) is 11.7 Å². The van der Waals surface area contributed by atoms with Crippen molar-refractivity contribution in [1.29, 1.82) is 0 Å². The summed E-state index contributed by atoms with van der Waals surface area (Å²) in [4.78, 5) is 5.87. The molecule has 0 aromatic carbocycles. The zero-order valence-electron chi connectivity index (χ0n) is 9.90. The Hall–Kier alpha value is -0.870. The fourth-order valence-electron chi connectivity index (χ4n) is 1.67. The van der Waals surface area contributed by atoms with Crippen LogP contribution >= 0.6 is 27.3 Å². The number of aromatic nitrogens is 1. The largest absolute Gasteiger partial charge is 0.362 e. The minimum Gasteiger partial charge on any atom is -0.362 e. The van der Waals surface area contributed by atoms with Gasteiger partial charge >= 0.3 is 0 Å². The predicted molar refractivity (Wildman–Crippen MR) is 77.6 cm³/mol. The molecule has 2 aromatic heterocycles. The molecule has 0 saturated carbocycles. The van der Waals surface area contributed by atoms with Gasteiger partial charge < -0.3 is 5.32 Å². The van der Waals surface area contributed by atoms with Crippen LogP contribution in [-0.2, 0) is 0 Å². The SMILES string of the molecule is CCC(Nc1ccc(Br)c(C)n1)c1cccs1. The Morgan fingerprint density at radius 2 is 2.24 bits per heavy atom. The summed E-state index contributed by atoms with van der Waals surface area (Å²) < 4.78 is 1.05. The third kappa shape index (κ3) is 3.07. The molecule has 1 atom stereocenters. The Kier molecular flexibility index (Phi) is 4.18. The number of pyridine rings is 1. The summed E-state index contributed by atoms with van der Waals surface area (Å²) in [6.45, 7) is 4.18. The van der Waals surface area contributed by atoms with Gasteiger partial charge in [-0.1, -0.05) is 13.0 Å². The molecule has 1 unspecified atom stereocenters. The second-order valence-electron chi connectivity index (χ2n) is 3.88. The molecular formula is C13H15BrN2S. The highest BCUT2D eigenvalue weighted by Crippen LogP contribution is 2.26. The molecule has 90 valence electrons. The van der Waals surface area contributed by atoms with E-state index in [0.717, 1.165) is 22.4 Å². The second kappa shape index (κ2) is 5.65. The van der Waals surface area contributed by atoms with Crippen LogP contribution in [0.4, 0.5) is 5.82 Å². The standard InChI is InChI=1S/C13H15BrN2S/c1-3-11(12-5-4-8-17-12)16-13-7-6-10(14)9(2)15-13/h4-8,11H,3H2,1-2H3,(H,15,16). The van der Waals surface area contributed by atoms with Gasteiger partial charge in [-0.25, -0.2) is 4.98 Å². The van der Waals surface area contributed by atoms with E-state index in [-0.39, 0.29) is 0 Å².